The predicted octanol–water partition coefficient (Wildman–Crippen LogP) is 11.4. The average molecular weight is 697 g/mol. The van der Waals surface area contributed by atoms with Gasteiger partial charge in [-0.2, -0.15) is 0 Å². The maximum Gasteiger partial charge on any atom is 0.0970 e. The average Bonchev–Trinajstić information content (AvgIpc) is 3.64. The number of aromatic nitrogens is 1. The molecule has 53 heavy (non-hydrogen) atoms. The number of nitrogens with two attached hydrogens (primary N) is 1. The van der Waals surface area contributed by atoms with Crippen LogP contribution in [0.2, 0.25) is 0 Å². The van der Waals surface area contributed by atoms with Crippen LogP contribution in [0.5, 0.6) is 0 Å². The standard InChI is InChI=1S/C27H24N2.C20H22N2.C2H6/c1-20-12-14-23(15-13-20)29-26-11-7-6-10-24(26)25-17-19-28(18-16-21(2)27(25)29)22-8-4-3-5-9-22;1-20(2)17-8-4-3-6-15(17)16-10-9-13(12-18(16)20)14-7-5-11-22-19(14)21;1-2/h3-6,8-10,12-19H,2,7,11H2,1H3;3-8,10-13,19,22H,9,21H2,1-2H3;1-2H3/b18-16-,19-17-;;. The van der Waals surface area contributed by atoms with Crippen molar-refractivity contribution in [2.45, 2.75) is 65.5 Å². The van der Waals surface area contributed by atoms with Crippen LogP contribution >= 0.6 is 0 Å². The Morgan fingerprint density at radius 3 is 2.36 bits per heavy atom. The molecule has 0 fully saturated rings. The summed E-state index contributed by atoms with van der Waals surface area (Å²) in [4.78, 5) is 2.15. The predicted molar refractivity (Wildman–Crippen MR) is 227 cm³/mol. The molecule has 3 heterocycles. The van der Waals surface area contributed by atoms with Crippen molar-refractivity contribution in [3.05, 3.63) is 191 Å². The molecule has 3 N–H and O–H groups in total. The van der Waals surface area contributed by atoms with Crippen molar-refractivity contribution in [1.82, 2.24) is 9.88 Å². The van der Waals surface area contributed by atoms with Gasteiger partial charge < -0.3 is 20.5 Å². The number of dihydropyridines is 1. The minimum Gasteiger partial charge on any atom is -0.372 e. The molecule has 268 valence electrons. The first-order chi connectivity index (χ1) is 25.8. The van der Waals surface area contributed by atoms with Crippen molar-refractivity contribution < 1.29 is 0 Å². The van der Waals surface area contributed by atoms with E-state index in [1.54, 1.807) is 0 Å². The summed E-state index contributed by atoms with van der Waals surface area (Å²) in [5.41, 5.74) is 23.0. The van der Waals surface area contributed by atoms with Gasteiger partial charge in [0.25, 0.3) is 0 Å². The Bertz CT molecular complexity index is 2210. The van der Waals surface area contributed by atoms with Crippen LogP contribution in [-0.4, -0.2) is 10.7 Å². The molecule has 9 rings (SSSR count). The number of nitrogens with one attached hydrogen (secondary N) is 1. The van der Waals surface area contributed by atoms with E-state index in [-0.39, 0.29) is 11.6 Å². The number of benzene rings is 3. The Balaban J connectivity index is 0.000000162. The van der Waals surface area contributed by atoms with E-state index in [0.717, 1.165) is 30.5 Å². The second-order valence-electron chi connectivity index (χ2n) is 14.5. The van der Waals surface area contributed by atoms with Gasteiger partial charge in [0.2, 0.25) is 0 Å². The summed E-state index contributed by atoms with van der Waals surface area (Å²) in [6.07, 6.45) is 27.2. The van der Waals surface area contributed by atoms with Crippen LogP contribution in [0.25, 0.3) is 29.0 Å². The lowest BCUT2D eigenvalue weighted by Crippen LogP contribution is -2.39. The van der Waals surface area contributed by atoms with Gasteiger partial charge >= 0.3 is 0 Å². The highest BCUT2D eigenvalue weighted by atomic mass is 15.1. The highest BCUT2D eigenvalue weighted by molar-refractivity contribution is 5.90. The van der Waals surface area contributed by atoms with E-state index in [1.165, 1.54) is 61.6 Å². The first-order valence-electron chi connectivity index (χ1n) is 19.1. The molecule has 0 amide bonds. The molecule has 0 saturated heterocycles. The topological polar surface area (TPSA) is 46.2 Å². The Kier molecular flexibility index (Phi) is 10.3. The fourth-order valence-corrected chi connectivity index (χ4v) is 8.23. The summed E-state index contributed by atoms with van der Waals surface area (Å²) >= 11 is 0. The molecular formula is C49H52N4. The van der Waals surface area contributed by atoms with E-state index < -0.39 is 0 Å². The Labute approximate surface area is 316 Å². The number of allylic oxidation sites excluding steroid dienone is 9. The number of para-hydroxylation sites is 1. The van der Waals surface area contributed by atoms with Gasteiger partial charge in [-0.3, -0.25) is 0 Å². The molecule has 0 spiro atoms. The van der Waals surface area contributed by atoms with Crippen LogP contribution in [0.15, 0.2) is 152 Å². The summed E-state index contributed by atoms with van der Waals surface area (Å²) in [5, 5.41) is 3.21. The number of hydrogen-bond acceptors (Lipinski definition) is 3. The lowest BCUT2D eigenvalue weighted by Gasteiger charge is -2.30. The lowest BCUT2D eigenvalue weighted by molar-refractivity contribution is 0.584. The van der Waals surface area contributed by atoms with E-state index in [9.17, 15) is 0 Å². The van der Waals surface area contributed by atoms with Crippen LogP contribution in [0.1, 0.15) is 79.7 Å². The molecule has 3 aliphatic carbocycles. The third kappa shape index (κ3) is 6.76. The number of fused-ring (bicyclic) bond motifs is 6. The van der Waals surface area contributed by atoms with Gasteiger partial charge in [0.15, 0.2) is 0 Å². The summed E-state index contributed by atoms with van der Waals surface area (Å²) in [6, 6.07) is 28.0. The zero-order chi connectivity index (χ0) is 37.1. The van der Waals surface area contributed by atoms with Crippen LogP contribution in [0.4, 0.5) is 5.69 Å². The van der Waals surface area contributed by atoms with Crippen molar-refractivity contribution in [3.63, 3.8) is 0 Å². The van der Waals surface area contributed by atoms with E-state index in [4.69, 9.17) is 5.73 Å². The SMILES string of the molecule is C=C1/C=C\N(c2ccccc2)/C=C\c2c3c(n(-c4ccc(C)cc4)c21)CCC=C3.CC.CC1(C)C2=CC(C3=CC=CNC3N)CC=C2c2ccccc21. The number of nitrogens with zero attached hydrogens (tertiary/aromatic N) is 2. The van der Waals surface area contributed by atoms with Gasteiger partial charge in [-0.05, 0) is 108 Å². The van der Waals surface area contributed by atoms with E-state index in [1.807, 2.05) is 32.2 Å². The molecule has 4 nitrogen and oxygen atoms in total. The minimum atomic E-state index is -0.0753. The van der Waals surface area contributed by atoms with E-state index in [0.29, 0.717) is 5.92 Å². The van der Waals surface area contributed by atoms with Gasteiger partial charge in [-0.1, -0.05) is 125 Å². The normalized spacial score (nSPS) is 21.2. The van der Waals surface area contributed by atoms with Crippen molar-refractivity contribution in [2.24, 2.45) is 11.7 Å². The maximum absolute atomic E-state index is 6.22. The highest BCUT2D eigenvalue weighted by Gasteiger charge is 2.40. The van der Waals surface area contributed by atoms with Gasteiger partial charge in [-0.25, -0.2) is 0 Å². The Morgan fingerprint density at radius 1 is 0.849 bits per heavy atom. The van der Waals surface area contributed by atoms with Crippen LogP contribution in [0, 0.1) is 12.8 Å². The number of hydrogen-bond donors (Lipinski definition) is 2. The lowest BCUT2D eigenvalue weighted by atomic mass is 9.76. The first-order valence-corrected chi connectivity index (χ1v) is 19.1. The third-order valence-electron chi connectivity index (χ3n) is 10.9. The molecule has 0 radical (unpaired) electrons. The quantitative estimate of drug-likeness (QED) is 0.224. The molecule has 0 bridgehead atoms. The Morgan fingerprint density at radius 2 is 1.58 bits per heavy atom. The van der Waals surface area contributed by atoms with Crippen molar-refractivity contribution in [1.29, 1.82) is 0 Å². The van der Waals surface area contributed by atoms with Crippen molar-refractivity contribution in [3.8, 4) is 5.69 Å². The first kappa shape index (κ1) is 35.8. The molecular weight excluding hydrogens is 645 g/mol. The summed E-state index contributed by atoms with van der Waals surface area (Å²) in [5.74, 6) is 0.389. The van der Waals surface area contributed by atoms with Crippen LogP contribution in [-0.2, 0) is 11.8 Å². The fraction of sp³-hybridized carbons (Fsp3) is 0.224. The summed E-state index contributed by atoms with van der Waals surface area (Å²) in [6.45, 7) is 15.2. The van der Waals surface area contributed by atoms with Gasteiger partial charge in [0.1, 0.15) is 0 Å². The number of rotatable bonds is 3. The molecule has 0 saturated carbocycles. The molecule has 1 aromatic heterocycles. The third-order valence-corrected chi connectivity index (χ3v) is 10.9. The fourth-order valence-electron chi connectivity index (χ4n) is 8.23. The van der Waals surface area contributed by atoms with Gasteiger partial charge in [0.05, 0.1) is 11.9 Å². The second-order valence-corrected chi connectivity index (χ2v) is 14.5. The second kappa shape index (κ2) is 15.2. The molecule has 4 heteroatoms. The smallest absolute Gasteiger partial charge is 0.0970 e. The summed E-state index contributed by atoms with van der Waals surface area (Å²) in [7, 11) is 0. The Hall–Kier alpha value is -5.58. The van der Waals surface area contributed by atoms with Gasteiger partial charge in [-0.15, -0.1) is 0 Å². The van der Waals surface area contributed by atoms with Crippen molar-refractivity contribution in [2.75, 3.05) is 4.90 Å². The monoisotopic (exact) mass is 696 g/mol. The van der Waals surface area contributed by atoms with Crippen molar-refractivity contribution >= 4 is 29.0 Å². The molecule has 2 aliphatic heterocycles. The number of anilines is 1. The van der Waals surface area contributed by atoms with Crippen LogP contribution < -0.4 is 16.0 Å². The highest BCUT2D eigenvalue weighted by Crippen LogP contribution is 2.52. The van der Waals surface area contributed by atoms with Gasteiger partial charge in [0, 0.05) is 51.9 Å². The zero-order valence-corrected chi connectivity index (χ0v) is 31.8. The molecule has 2 unspecified atom stereocenters. The van der Waals surface area contributed by atoms with E-state index in [2.05, 4.69) is 170 Å². The largest absolute Gasteiger partial charge is 0.372 e. The summed E-state index contributed by atoms with van der Waals surface area (Å²) < 4.78 is 2.41. The molecule has 4 aromatic rings. The molecule has 3 aromatic carbocycles. The molecule has 5 aliphatic rings. The minimum absolute atomic E-state index is 0.0731. The maximum atomic E-state index is 6.22. The zero-order valence-electron chi connectivity index (χ0n) is 31.8. The number of aryl methyl sites for hydroxylation is 1. The molecule has 2 atom stereocenters. The van der Waals surface area contributed by atoms with E-state index >= 15 is 0 Å². The van der Waals surface area contributed by atoms with Crippen LogP contribution in [0.3, 0.4) is 0 Å².